The third-order valence-corrected chi connectivity index (χ3v) is 3.98. The third-order valence-electron chi connectivity index (χ3n) is 3.98. The molecular formula is C17H26N2O. The Kier molecular flexibility index (Phi) is 5.05. The largest absolute Gasteiger partial charge is 0.373 e. The molecule has 0 bridgehead atoms. The Hall–Kier alpha value is -1.51. The number of fused-ring (bicyclic) bond motifs is 1. The molecular weight excluding hydrogens is 248 g/mol. The van der Waals surface area contributed by atoms with Crippen molar-refractivity contribution in [1.29, 1.82) is 0 Å². The summed E-state index contributed by atoms with van der Waals surface area (Å²) in [4.78, 5) is 14.7. The second-order valence-corrected chi connectivity index (χ2v) is 5.89. The molecule has 1 N–H and O–H groups in total. The quantitative estimate of drug-likeness (QED) is 0.806. The van der Waals surface area contributed by atoms with Crippen molar-refractivity contribution in [3.63, 3.8) is 0 Å². The molecule has 1 heterocycles. The van der Waals surface area contributed by atoms with Crippen LogP contribution in [0.5, 0.6) is 0 Å². The predicted octanol–water partition coefficient (Wildman–Crippen LogP) is 3.45. The van der Waals surface area contributed by atoms with Gasteiger partial charge in [0.2, 0.25) is 5.91 Å². The first-order valence-electron chi connectivity index (χ1n) is 7.78. The van der Waals surface area contributed by atoms with Gasteiger partial charge in [-0.2, -0.15) is 0 Å². The number of amides is 1. The molecule has 0 saturated heterocycles. The van der Waals surface area contributed by atoms with Gasteiger partial charge in [0.25, 0.3) is 0 Å². The molecule has 0 unspecified atom stereocenters. The van der Waals surface area contributed by atoms with Crippen LogP contribution < -0.4 is 5.32 Å². The summed E-state index contributed by atoms with van der Waals surface area (Å²) in [6.07, 6.45) is 4.29. The fraction of sp³-hybridized carbons (Fsp3) is 0.588. The number of rotatable bonds is 6. The first-order valence-corrected chi connectivity index (χ1v) is 7.78. The minimum Gasteiger partial charge on any atom is -0.373 e. The van der Waals surface area contributed by atoms with E-state index in [1.54, 1.807) is 0 Å². The number of carbonyl (C=O) groups excluding carboxylic acids is 1. The smallest absolute Gasteiger partial charge is 0.245 e. The Balaban J connectivity index is 1.99. The van der Waals surface area contributed by atoms with Crippen molar-refractivity contribution in [3.05, 3.63) is 29.8 Å². The molecule has 20 heavy (non-hydrogen) atoms. The second kappa shape index (κ2) is 6.78. The fourth-order valence-electron chi connectivity index (χ4n) is 2.80. The SMILES string of the molecule is CCCCCN(C(=O)[C@@H]1Cc2ccccc2N1)C(C)C. The topological polar surface area (TPSA) is 32.3 Å². The van der Waals surface area contributed by atoms with Crippen LogP contribution in [0.25, 0.3) is 0 Å². The van der Waals surface area contributed by atoms with Gasteiger partial charge in [0.15, 0.2) is 0 Å². The third kappa shape index (κ3) is 3.33. The van der Waals surface area contributed by atoms with Gasteiger partial charge in [0.05, 0.1) is 0 Å². The molecule has 110 valence electrons. The molecule has 1 aliphatic heterocycles. The number of hydrogen-bond donors (Lipinski definition) is 1. The van der Waals surface area contributed by atoms with Crippen LogP contribution in [-0.4, -0.2) is 29.4 Å². The molecule has 1 aromatic rings. The van der Waals surface area contributed by atoms with Crippen LogP contribution in [0.1, 0.15) is 45.6 Å². The zero-order valence-corrected chi connectivity index (χ0v) is 12.9. The van der Waals surface area contributed by atoms with Crippen LogP contribution in [0.15, 0.2) is 24.3 Å². The van der Waals surface area contributed by atoms with E-state index in [0.29, 0.717) is 0 Å². The van der Waals surface area contributed by atoms with Crippen molar-refractivity contribution < 1.29 is 4.79 Å². The summed E-state index contributed by atoms with van der Waals surface area (Å²) in [6, 6.07) is 8.39. The van der Waals surface area contributed by atoms with E-state index in [2.05, 4.69) is 38.2 Å². The molecule has 0 fully saturated rings. The van der Waals surface area contributed by atoms with Crippen molar-refractivity contribution in [2.24, 2.45) is 0 Å². The molecule has 0 spiro atoms. The predicted molar refractivity (Wildman–Crippen MR) is 83.9 cm³/mol. The fourth-order valence-corrected chi connectivity index (χ4v) is 2.80. The Bertz CT molecular complexity index is 431. The minimum absolute atomic E-state index is 0.0866. The molecule has 2 rings (SSSR count). The standard InChI is InChI=1S/C17H26N2O/c1-4-5-8-11-19(13(2)3)17(20)16-12-14-9-6-7-10-15(14)18-16/h6-7,9-10,13,16,18H,4-5,8,11-12H2,1-3H3/t16-/m0/s1. The molecule has 3 nitrogen and oxygen atoms in total. The van der Waals surface area contributed by atoms with E-state index in [4.69, 9.17) is 0 Å². The molecule has 0 aromatic heterocycles. The first-order chi connectivity index (χ1) is 9.63. The number of nitrogens with one attached hydrogen (secondary N) is 1. The highest BCUT2D eigenvalue weighted by Crippen LogP contribution is 2.26. The summed E-state index contributed by atoms with van der Waals surface area (Å²) in [7, 11) is 0. The van der Waals surface area contributed by atoms with E-state index in [1.165, 1.54) is 18.4 Å². The maximum Gasteiger partial charge on any atom is 0.245 e. The Morgan fingerprint density at radius 2 is 2.10 bits per heavy atom. The van der Waals surface area contributed by atoms with Crippen molar-refractivity contribution in [3.8, 4) is 0 Å². The lowest BCUT2D eigenvalue weighted by Gasteiger charge is -2.29. The average Bonchev–Trinajstić information content (AvgIpc) is 2.86. The first kappa shape index (κ1) is 14.9. The zero-order valence-electron chi connectivity index (χ0n) is 12.9. The lowest BCUT2D eigenvalue weighted by molar-refractivity contribution is -0.133. The van der Waals surface area contributed by atoms with Crippen LogP contribution in [0.2, 0.25) is 0 Å². The van der Waals surface area contributed by atoms with E-state index >= 15 is 0 Å². The lowest BCUT2D eigenvalue weighted by Crippen LogP contribution is -2.46. The van der Waals surface area contributed by atoms with Crippen molar-refractivity contribution >= 4 is 11.6 Å². The molecule has 3 heteroatoms. The highest BCUT2D eigenvalue weighted by Gasteiger charge is 2.30. The molecule has 1 atom stereocenters. The highest BCUT2D eigenvalue weighted by molar-refractivity contribution is 5.87. The van der Waals surface area contributed by atoms with E-state index in [1.807, 2.05) is 17.0 Å². The Labute approximate surface area is 122 Å². The number of benzene rings is 1. The zero-order chi connectivity index (χ0) is 14.5. The summed E-state index contributed by atoms with van der Waals surface area (Å²) in [5, 5.41) is 3.37. The molecule has 0 radical (unpaired) electrons. The van der Waals surface area contributed by atoms with Gasteiger partial charge in [-0.1, -0.05) is 38.0 Å². The lowest BCUT2D eigenvalue weighted by atomic mass is 10.1. The number of carbonyl (C=O) groups is 1. The molecule has 1 aliphatic rings. The summed E-state index contributed by atoms with van der Waals surface area (Å²) in [5.41, 5.74) is 2.37. The average molecular weight is 274 g/mol. The number of hydrogen-bond acceptors (Lipinski definition) is 2. The van der Waals surface area contributed by atoms with E-state index in [0.717, 1.165) is 25.1 Å². The molecule has 1 aromatic carbocycles. The highest BCUT2D eigenvalue weighted by atomic mass is 16.2. The molecule has 0 aliphatic carbocycles. The molecule has 1 amide bonds. The second-order valence-electron chi connectivity index (χ2n) is 5.89. The van der Waals surface area contributed by atoms with Gasteiger partial charge in [-0.15, -0.1) is 0 Å². The van der Waals surface area contributed by atoms with Crippen LogP contribution in [-0.2, 0) is 11.2 Å². The Morgan fingerprint density at radius 1 is 1.35 bits per heavy atom. The summed E-state index contributed by atoms with van der Waals surface area (Å²) >= 11 is 0. The van der Waals surface area contributed by atoms with Crippen molar-refractivity contribution in [2.75, 3.05) is 11.9 Å². The van der Waals surface area contributed by atoms with Crippen molar-refractivity contribution in [2.45, 2.75) is 58.5 Å². The van der Waals surface area contributed by atoms with Gasteiger partial charge in [-0.25, -0.2) is 0 Å². The van der Waals surface area contributed by atoms with Gasteiger partial charge in [0.1, 0.15) is 6.04 Å². The maximum absolute atomic E-state index is 12.7. The van der Waals surface area contributed by atoms with Crippen LogP contribution >= 0.6 is 0 Å². The van der Waals surface area contributed by atoms with Gasteiger partial charge < -0.3 is 10.2 Å². The normalized spacial score (nSPS) is 16.9. The number of unbranched alkanes of at least 4 members (excludes halogenated alkanes) is 2. The van der Waals surface area contributed by atoms with Gasteiger partial charge in [-0.3, -0.25) is 4.79 Å². The number of para-hydroxylation sites is 1. The summed E-state index contributed by atoms with van der Waals surface area (Å²) in [5.74, 6) is 0.243. The van der Waals surface area contributed by atoms with Crippen LogP contribution in [0.4, 0.5) is 5.69 Å². The number of anilines is 1. The van der Waals surface area contributed by atoms with E-state index in [-0.39, 0.29) is 18.0 Å². The van der Waals surface area contributed by atoms with E-state index in [9.17, 15) is 4.79 Å². The molecule has 0 saturated carbocycles. The number of nitrogens with zero attached hydrogens (tertiary/aromatic N) is 1. The van der Waals surface area contributed by atoms with Crippen molar-refractivity contribution in [1.82, 2.24) is 4.90 Å². The minimum atomic E-state index is -0.0866. The van der Waals surface area contributed by atoms with Gasteiger partial charge >= 0.3 is 0 Å². The van der Waals surface area contributed by atoms with Crippen LogP contribution in [0, 0.1) is 0 Å². The van der Waals surface area contributed by atoms with Gasteiger partial charge in [0, 0.05) is 24.7 Å². The van der Waals surface area contributed by atoms with Gasteiger partial charge in [-0.05, 0) is 31.9 Å². The van der Waals surface area contributed by atoms with Crippen LogP contribution in [0.3, 0.4) is 0 Å². The Morgan fingerprint density at radius 3 is 2.75 bits per heavy atom. The maximum atomic E-state index is 12.7. The monoisotopic (exact) mass is 274 g/mol. The van der Waals surface area contributed by atoms with E-state index < -0.39 is 0 Å². The summed E-state index contributed by atoms with van der Waals surface area (Å²) < 4.78 is 0. The summed E-state index contributed by atoms with van der Waals surface area (Å²) in [6.45, 7) is 7.27.